The number of carboxylic acids is 1. The molecule has 2 fully saturated rings. The van der Waals surface area contributed by atoms with Crippen LogP contribution < -0.4 is 5.32 Å². The Bertz CT molecular complexity index is 393. The van der Waals surface area contributed by atoms with Crippen molar-refractivity contribution in [3.8, 4) is 0 Å². The molecule has 0 bridgehead atoms. The molecule has 1 aliphatic carbocycles. The summed E-state index contributed by atoms with van der Waals surface area (Å²) >= 11 is 0. The third-order valence-corrected chi connectivity index (χ3v) is 5.37. The van der Waals surface area contributed by atoms with Crippen molar-refractivity contribution in [2.24, 2.45) is 17.3 Å². The second-order valence-electron chi connectivity index (χ2n) is 6.94. The Morgan fingerprint density at radius 2 is 2.14 bits per heavy atom. The number of urea groups is 1. The van der Waals surface area contributed by atoms with Crippen molar-refractivity contribution >= 4 is 12.0 Å². The molecule has 5 nitrogen and oxygen atoms in total. The van der Waals surface area contributed by atoms with Crippen LogP contribution in [0.25, 0.3) is 0 Å². The minimum atomic E-state index is -0.748. The standard InChI is InChI=1S/C16H28N2O3/c1-3-16(6-7-16)11-17-15(21)18-8-4-5-13(10-18)12(2)9-14(19)20/h12-13H,3-11H2,1-2H3,(H,17,21)(H,19,20). The first kappa shape index (κ1) is 16.1. The van der Waals surface area contributed by atoms with Crippen LogP contribution in [0.1, 0.15) is 52.4 Å². The lowest BCUT2D eigenvalue weighted by Gasteiger charge is -2.35. The molecule has 0 aromatic rings. The first-order valence-corrected chi connectivity index (χ1v) is 8.20. The second kappa shape index (κ2) is 6.67. The summed E-state index contributed by atoms with van der Waals surface area (Å²) in [6, 6.07) is 0.0296. The maximum Gasteiger partial charge on any atom is 0.317 e. The van der Waals surface area contributed by atoms with Crippen LogP contribution in [0.3, 0.4) is 0 Å². The van der Waals surface area contributed by atoms with Gasteiger partial charge >= 0.3 is 12.0 Å². The van der Waals surface area contributed by atoms with Crippen LogP contribution in [0.5, 0.6) is 0 Å². The number of amides is 2. The zero-order valence-electron chi connectivity index (χ0n) is 13.2. The van der Waals surface area contributed by atoms with Gasteiger partial charge in [-0.3, -0.25) is 4.79 Å². The molecule has 5 heteroatoms. The fraction of sp³-hybridized carbons (Fsp3) is 0.875. The van der Waals surface area contributed by atoms with Crippen molar-refractivity contribution in [1.29, 1.82) is 0 Å². The van der Waals surface area contributed by atoms with Gasteiger partial charge < -0.3 is 15.3 Å². The van der Waals surface area contributed by atoms with E-state index in [-0.39, 0.29) is 18.4 Å². The number of nitrogens with zero attached hydrogens (tertiary/aromatic N) is 1. The molecule has 1 aliphatic heterocycles. The van der Waals surface area contributed by atoms with Gasteiger partial charge in [0, 0.05) is 26.1 Å². The molecule has 2 atom stereocenters. The average Bonchev–Trinajstić information content (AvgIpc) is 3.25. The maximum atomic E-state index is 12.3. The summed E-state index contributed by atoms with van der Waals surface area (Å²) in [7, 11) is 0. The first-order valence-electron chi connectivity index (χ1n) is 8.20. The summed E-state index contributed by atoms with van der Waals surface area (Å²) in [5.74, 6) is -0.312. The second-order valence-corrected chi connectivity index (χ2v) is 6.94. The number of carbonyl (C=O) groups excluding carboxylic acids is 1. The lowest BCUT2D eigenvalue weighted by Crippen LogP contribution is -2.47. The predicted octanol–water partition coefficient (Wildman–Crippen LogP) is 2.71. The minimum Gasteiger partial charge on any atom is -0.481 e. The van der Waals surface area contributed by atoms with E-state index >= 15 is 0 Å². The van der Waals surface area contributed by atoms with Crippen molar-refractivity contribution in [2.75, 3.05) is 19.6 Å². The topological polar surface area (TPSA) is 69.6 Å². The number of hydrogen-bond acceptors (Lipinski definition) is 2. The van der Waals surface area contributed by atoms with E-state index in [9.17, 15) is 9.59 Å². The van der Waals surface area contributed by atoms with E-state index in [1.807, 2.05) is 11.8 Å². The Kier molecular flexibility index (Phi) is 5.12. The Hall–Kier alpha value is -1.26. The minimum absolute atomic E-state index is 0.0296. The molecule has 2 rings (SSSR count). The molecule has 120 valence electrons. The number of likely N-dealkylation sites (tertiary alicyclic amines) is 1. The lowest BCUT2D eigenvalue weighted by molar-refractivity contribution is -0.138. The summed E-state index contributed by atoms with van der Waals surface area (Å²) in [4.78, 5) is 25.0. The van der Waals surface area contributed by atoms with Crippen LogP contribution in [0.4, 0.5) is 4.79 Å². The average molecular weight is 296 g/mol. The highest BCUT2D eigenvalue weighted by atomic mass is 16.4. The van der Waals surface area contributed by atoms with Crippen molar-refractivity contribution in [3.63, 3.8) is 0 Å². The van der Waals surface area contributed by atoms with E-state index in [1.54, 1.807) is 0 Å². The van der Waals surface area contributed by atoms with Crippen LogP contribution in [-0.4, -0.2) is 41.6 Å². The number of rotatable bonds is 6. The highest BCUT2D eigenvalue weighted by Gasteiger charge is 2.41. The summed E-state index contributed by atoms with van der Waals surface area (Å²) in [6.45, 7) is 6.44. The van der Waals surface area contributed by atoms with E-state index in [2.05, 4.69) is 12.2 Å². The van der Waals surface area contributed by atoms with Crippen LogP contribution >= 0.6 is 0 Å². The zero-order valence-corrected chi connectivity index (χ0v) is 13.2. The lowest BCUT2D eigenvalue weighted by atomic mass is 9.85. The predicted molar refractivity (Wildman–Crippen MR) is 81.1 cm³/mol. The summed E-state index contributed by atoms with van der Waals surface area (Å²) < 4.78 is 0. The molecular weight excluding hydrogens is 268 g/mol. The van der Waals surface area contributed by atoms with Crippen molar-refractivity contribution in [2.45, 2.75) is 52.4 Å². The van der Waals surface area contributed by atoms with Gasteiger partial charge in [0.25, 0.3) is 0 Å². The molecule has 0 aromatic carbocycles. The Balaban J connectivity index is 1.79. The van der Waals surface area contributed by atoms with Crippen molar-refractivity contribution in [3.05, 3.63) is 0 Å². The maximum absolute atomic E-state index is 12.3. The zero-order chi connectivity index (χ0) is 15.5. The van der Waals surface area contributed by atoms with Crippen LogP contribution in [0, 0.1) is 17.3 Å². The number of carboxylic acid groups (broad SMARTS) is 1. The number of aliphatic carboxylic acids is 1. The van der Waals surface area contributed by atoms with E-state index in [0.717, 1.165) is 32.4 Å². The molecule has 0 spiro atoms. The van der Waals surface area contributed by atoms with Crippen LogP contribution in [-0.2, 0) is 4.79 Å². The molecule has 2 unspecified atom stereocenters. The largest absolute Gasteiger partial charge is 0.481 e. The van der Waals surface area contributed by atoms with E-state index in [4.69, 9.17) is 5.11 Å². The van der Waals surface area contributed by atoms with E-state index in [1.165, 1.54) is 12.8 Å². The fourth-order valence-electron chi connectivity index (χ4n) is 3.31. The molecule has 0 radical (unpaired) electrons. The van der Waals surface area contributed by atoms with Crippen molar-refractivity contribution in [1.82, 2.24) is 10.2 Å². The van der Waals surface area contributed by atoms with Gasteiger partial charge in [0.05, 0.1) is 0 Å². The summed E-state index contributed by atoms with van der Waals surface area (Å²) in [5.41, 5.74) is 0.363. The van der Waals surface area contributed by atoms with Gasteiger partial charge in [-0.2, -0.15) is 0 Å². The molecule has 1 saturated heterocycles. The number of carbonyl (C=O) groups is 2. The van der Waals surface area contributed by atoms with Gasteiger partial charge in [-0.05, 0) is 49.4 Å². The Morgan fingerprint density at radius 3 is 2.71 bits per heavy atom. The normalized spacial score (nSPS) is 25.2. The Labute approximate surface area is 127 Å². The molecule has 1 saturated carbocycles. The monoisotopic (exact) mass is 296 g/mol. The van der Waals surface area contributed by atoms with E-state index < -0.39 is 5.97 Å². The summed E-state index contributed by atoms with van der Waals surface area (Å²) in [5, 5.41) is 12.0. The molecule has 0 aromatic heterocycles. The first-order chi connectivity index (χ1) is 9.96. The summed E-state index contributed by atoms with van der Waals surface area (Å²) in [6.07, 6.45) is 5.77. The van der Waals surface area contributed by atoms with Crippen molar-refractivity contribution < 1.29 is 14.7 Å². The third-order valence-electron chi connectivity index (χ3n) is 5.37. The molecule has 2 amide bonds. The smallest absolute Gasteiger partial charge is 0.317 e. The molecule has 21 heavy (non-hydrogen) atoms. The van der Waals surface area contributed by atoms with Gasteiger partial charge in [-0.15, -0.1) is 0 Å². The quantitative estimate of drug-likeness (QED) is 0.791. The Morgan fingerprint density at radius 1 is 1.43 bits per heavy atom. The van der Waals surface area contributed by atoms with Crippen LogP contribution in [0.15, 0.2) is 0 Å². The highest BCUT2D eigenvalue weighted by Crippen LogP contribution is 2.47. The fourth-order valence-corrected chi connectivity index (χ4v) is 3.31. The highest BCUT2D eigenvalue weighted by molar-refractivity contribution is 5.74. The molecule has 1 heterocycles. The van der Waals surface area contributed by atoms with Gasteiger partial charge in [0.15, 0.2) is 0 Å². The number of piperidine rings is 1. The SMILES string of the molecule is CCC1(CNC(=O)N2CCCC(C(C)CC(=O)O)C2)CC1. The van der Waals surface area contributed by atoms with Gasteiger partial charge in [-0.25, -0.2) is 4.79 Å². The van der Waals surface area contributed by atoms with Gasteiger partial charge in [-0.1, -0.05) is 13.8 Å². The molecular formula is C16H28N2O3. The number of hydrogen-bond donors (Lipinski definition) is 2. The number of nitrogens with one attached hydrogen (secondary N) is 1. The van der Waals surface area contributed by atoms with Gasteiger partial charge in [0.2, 0.25) is 0 Å². The van der Waals surface area contributed by atoms with Gasteiger partial charge in [0.1, 0.15) is 0 Å². The molecule has 2 aliphatic rings. The van der Waals surface area contributed by atoms with E-state index in [0.29, 0.717) is 17.9 Å². The molecule has 2 N–H and O–H groups in total. The third kappa shape index (κ3) is 4.35. The van der Waals surface area contributed by atoms with Crippen LogP contribution in [0.2, 0.25) is 0 Å².